The van der Waals surface area contributed by atoms with Gasteiger partial charge >= 0.3 is 0 Å². The second kappa shape index (κ2) is 7.93. The molecule has 0 bridgehead atoms. The van der Waals surface area contributed by atoms with Gasteiger partial charge in [0.25, 0.3) is 5.91 Å². The van der Waals surface area contributed by atoms with E-state index in [1.165, 1.54) is 0 Å². The molecule has 4 aromatic rings. The van der Waals surface area contributed by atoms with E-state index in [1.807, 2.05) is 54.6 Å². The third kappa shape index (κ3) is 3.81. The fraction of sp³-hybridized carbons (Fsp3) is 0. The van der Waals surface area contributed by atoms with Crippen LogP contribution in [0.2, 0.25) is 10.0 Å². The Bertz CT molecular complexity index is 1160. The largest absolute Gasteiger partial charge is 0.454 e. The molecule has 0 saturated carbocycles. The molecule has 0 spiro atoms. The Hall–Kier alpha value is -3.01. The highest BCUT2D eigenvalue weighted by Crippen LogP contribution is 2.38. The normalized spacial score (nSPS) is 10.6. The molecule has 0 unspecified atom stereocenters. The zero-order valence-electron chi connectivity index (χ0n) is 14.7. The van der Waals surface area contributed by atoms with Crippen molar-refractivity contribution in [1.82, 2.24) is 0 Å². The smallest absolute Gasteiger partial charge is 0.255 e. The Kier molecular flexibility index (Phi) is 5.20. The Balaban J connectivity index is 1.55. The van der Waals surface area contributed by atoms with Gasteiger partial charge in [0.15, 0.2) is 0 Å². The summed E-state index contributed by atoms with van der Waals surface area (Å²) in [5, 5.41) is 5.65. The standard InChI is InChI=1S/C23H15Cl2NO2/c24-19-14-17(26-23(27)16-7-2-1-3-8-16)11-13-20(19)28-21-12-10-15-6-4-5-9-18(15)22(21)25/h1-14H,(H,26,27). The van der Waals surface area contributed by atoms with Crippen LogP contribution in [-0.2, 0) is 0 Å². The molecule has 28 heavy (non-hydrogen) atoms. The monoisotopic (exact) mass is 407 g/mol. The van der Waals surface area contributed by atoms with E-state index < -0.39 is 0 Å². The number of hydrogen-bond donors (Lipinski definition) is 1. The second-order valence-electron chi connectivity index (χ2n) is 6.17. The van der Waals surface area contributed by atoms with Crippen LogP contribution in [0.15, 0.2) is 84.9 Å². The van der Waals surface area contributed by atoms with E-state index in [9.17, 15) is 4.79 Å². The molecule has 1 N–H and O–H groups in total. The van der Waals surface area contributed by atoms with Crippen molar-refractivity contribution in [3.63, 3.8) is 0 Å². The number of nitrogens with one attached hydrogen (secondary N) is 1. The number of ether oxygens (including phenoxy) is 1. The van der Waals surface area contributed by atoms with Gasteiger partial charge < -0.3 is 10.1 Å². The highest BCUT2D eigenvalue weighted by molar-refractivity contribution is 6.37. The van der Waals surface area contributed by atoms with Crippen LogP contribution in [0.5, 0.6) is 11.5 Å². The van der Waals surface area contributed by atoms with Crippen LogP contribution in [0.25, 0.3) is 10.8 Å². The van der Waals surface area contributed by atoms with E-state index in [2.05, 4.69) is 5.32 Å². The fourth-order valence-electron chi connectivity index (χ4n) is 2.87. The number of carbonyl (C=O) groups is 1. The molecule has 0 saturated heterocycles. The van der Waals surface area contributed by atoms with Crippen molar-refractivity contribution in [3.8, 4) is 11.5 Å². The maximum Gasteiger partial charge on any atom is 0.255 e. The number of anilines is 1. The summed E-state index contributed by atoms with van der Waals surface area (Å²) in [7, 11) is 0. The topological polar surface area (TPSA) is 38.3 Å². The predicted octanol–water partition coefficient (Wildman–Crippen LogP) is 7.19. The quantitative estimate of drug-likeness (QED) is 0.388. The van der Waals surface area contributed by atoms with E-state index >= 15 is 0 Å². The van der Waals surface area contributed by atoms with Gasteiger partial charge in [-0.2, -0.15) is 0 Å². The zero-order chi connectivity index (χ0) is 19.5. The summed E-state index contributed by atoms with van der Waals surface area (Å²) >= 11 is 12.8. The van der Waals surface area contributed by atoms with Crippen molar-refractivity contribution in [2.24, 2.45) is 0 Å². The molecule has 5 heteroatoms. The van der Waals surface area contributed by atoms with Crippen LogP contribution in [0.3, 0.4) is 0 Å². The summed E-state index contributed by atoms with van der Waals surface area (Å²) in [6.07, 6.45) is 0. The summed E-state index contributed by atoms with van der Waals surface area (Å²) < 4.78 is 5.92. The van der Waals surface area contributed by atoms with Crippen LogP contribution < -0.4 is 10.1 Å². The van der Waals surface area contributed by atoms with E-state index in [-0.39, 0.29) is 5.91 Å². The molecule has 0 heterocycles. The SMILES string of the molecule is O=C(Nc1ccc(Oc2ccc3ccccc3c2Cl)c(Cl)c1)c1ccccc1. The van der Waals surface area contributed by atoms with Crippen molar-refractivity contribution in [3.05, 3.63) is 101 Å². The van der Waals surface area contributed by atoms with Gasteiger partial charge in [-0.25, -0.2) is 0 Å². The first-order valence-corrected chi connectivity index (χ1v) is 9.38. The summed E-state index contributed by atoms with van der Waals surface area (Å²) in [4.78, 5) is 12.3. The van der Waals surface area contributed by atoms with Gasteiger partial charge in [-0.3, -0.25) is 4.79 Å². The van der Waals surface area contributed by atoms with E-state index in [0.717, 1.165) is 10.8 Å². The molecule has 1 amide bonds. The third-order valence-electron chi connectivity index (χ3n) is 4.27. The molecular weight excluding hydrogens is 393 g/mol. The average molecular weight is 408 g/mol. The van der Waals surface area contributed by atoms with Gasteiger partial charge in [0.1, 0.15) is 11.5 Å². The first-order chi connectivity index (χ1) is 13.6. The van der Waals surface area contributed by atoms with Crippen LogP contribution in [0.4, 0.5) is 5.69 Å². The second-order valence-corrected chi connectivity index (χ2v) is 6.95. The summed E-state index contributed by atoms with van der Waals surface area (Å²) in [6, 6.07) is 25.6. The fourth-order valence-corrected chi connectivity index (χ4v) is 3.36. The van der Waals surface area contributed by atoms with Crippen LogP contribution in [0, 0.1) is 0 Å². The lowest BCUT2D eigenvalue weighted by molar-refractivity contribution is 0.102. The van der Waals surface area contributed by atoms with E-state index in [1.54, 1.807) is 30.3 Å². The van der Waals surface area contributed by atoms with Crippen LogP contribution >= 0.6 is 23.2 Å². The first-order valence-electron chi connectivity index (χ1n) is 8.63. The number of amides is 1. The van der Waals surface area contributed by atoms with Crippen molar-refractivity contribution in [1.29, 1.82) is 0 Å². The highest BCUT2D eigenvalue weighted by atomic mass is 35.5. The lowest BCUT2D eigenvalue weighted by Gasteiger charge is -2.12. The summed E-state index contributed by atoms with van der Waals surface area (Å²) in [6.45, 7) is 0. The Morgan fingerprint density at radius 3 is 2.29 bits per heavy atom. The summed E-state index contributed by atoms with van der Waals surface area (Å²) in [5.74, 6) is 0.766. The number of hydrogen-bond acceptors (Lipinski definition) is 2. The van der Waals surface area contributed by atoms with Gasteiger partial charge in [-0.05, 0) is 41.8 Å². The Morgan fingerprint density at radius 1 is 0.786 bits per heavy atom. The molecule has 0 aliphatic carbocycles. The highest BCUT2D eigenvalue weighted by Gasteiger charge is 2.11. The van der Waals surface area contributed by atoms with Gasteiger partial charge in [0.05, 0.1) is 10.0 Å². The lowest BCUT2D eigenvalue weighted by Crippen LogP contribution is -2.11. The van der Waals surface area contributed by atoms with Gasteiger partial charge in [-0.1, -0.05) is 71.7 Å². The molecular formula is C23H15Cl2NO2. The zero-order valence-corrected chi connectivity index (χ0v) is 16.2. The third-order valence-corrected chi connectivity index (χ3v) is 4.96. The predicted molar refractivity (Wildman–Crippen MR) is 115 cm³/mol. The maximum absolute atomic E-state index is 12.3. The molecule has 0 atom stereocenters. The van der Waals surface area contributed by atoms with Crippen molar-refractivity contribution >= 4 is 45.6 Å². The van der Waals surface area contributed by atoms with Gasteiger partial charge in [0, 0.05) is 16.6 Å². The van der Waals surface area contributed by atoms with Gasteiger partial charge in [-0.15, -0.1) is 0 Å². The van der Waals surface area contributed by atoms with Crippen molar-refractivity contribution < 1.29 is 9.53 Å². The minimum absolute atomic E-state index is 0.206. The molecule has 0 radical (unpaired) electrons. The van der Waals surface area contributed by atoms with Gasteiger partial charge in [0.2, 0.25) is 0 Å². The molecule has 138 valence electrons. The van der Waals surface area contributed by atoms with Crippen LogP contribution in [0.1, 0.15) is 10.4 Å². The molecule has 4 aromatic carbocycles. The maximum atomic E-state index is 12.3. The first kappa shape index (κ1) is 18.4. The molecule has 4 rings (SSSR count). The Morgan fingerprint density at radius 2 is 1.50 bits per heavy atom. The average Bonchev–Trinajstić information content (AvgIpc) is 2.72. The Labute approximate surface area is 172 Å². The molecule has 0 fully saturated rings. The number of carbonyl (C=O) groups excluding carboxylic acids is 1. The van der Waals surface area contributed by atoms with Crippen molar-refractivity contribution in [2.45, 2.75) is 0 Å². The number of fused-ring (bicyclic) bond motifs is 1. The molecule has 0 aromatic heterocycles. The summed E-state index contributed by atoms with van der Waals surface area (Å²) in [5.41, 5.74) is 1.15. The molecule has 0 aliphatic heterocycles. The van der Waals surface area contributed by atoms with Crippen LogP contribution in [-0.4, -0.2) is 5.91 Å². The number of rotatable bonds is 4. The molecule has 3 nitrogen and oxygen atoms in total. The van der Waals surface area contributed by atoms with E-state index in [4.69, 9.17) is 27.9 Å². The molecule has 0 aliphatic rings. The van der Waals surface area contributed by atoms with E-state index in [0.29, 0.717) is 32.8 Å². The number of benzene rings is 4. The van der Waals surface area contributed by atoms with Crippen molar-refractivity contribution in [2.75, 3.05) is 5.32 Å². The number of halogens is 2. The lowest BCUT2D eigenvalue weighted by atomic mass is 10.1. The minimum Gasteiger partial charge on any atom is -0.454 e. The minimum atomic E-state index is -0.206.